The Hall–Kier alpha value is -0.610. The maximum absolute atomic E-state index is 10.8. The minimum absolute atomic E-state index is 0.623. The standard InChI is InChI=1S/C12H16N2OS/c15-12(9-6-13-8-14-7-9)4-10-2-1-3-11(5-12)16-10/h6-8,10-11,15H,1-5H2. The Morgan fingerprint density at radius 1 is 1.19 bits per heavy atom. The van der Waals surface area contributed by atoms with Gasteiger partial charge in [-0.25, -0.2) is 9.97 Å². The lowest BCUT2D eigenvalue weighted by Gasteiger charge is -2.43. The first kappa shape index (κ1) is 10.5. The molecule has 0 spiro atoms. The van der Waals surface area contributed by atoms with Crippen molar-refractivity contribution < 1.29 is 5.11 Å². The van der Waals surface area contributed by atoms with Crippen LogP contribution in [0.3, 0.4) is 0 Å². The normalized spacial score (nSPS) is 38.3. The molecule has 0 aliphatic carbocycles. The Morgan fingerprint density at radius 3 is 2.44 bits per heavy atom. The van der Waals surface area contributed by atoms with Gasteiger partial charge in [0, 0.05) is 28.5 Å². The highest BCUT2D eigenvalue weighted by Crippen LogP contribution is 2.49. The summed E-state index contributed by atoms with van der Waals surface area (Å²) in [7, 11) is 0. The SMILES string of the molecule is OC1(c2cncnc2)CC2CCCC(C1)S2. The van der Waals surface area contributed by atoms with Crippen LogP contribution in [0.4, 0.5) is 0 Å². The van der Waals surface area contributed by atoms with Crippen molar-refractivity contribution in [2.24, 2.45) is 0 Å². The van der Waals surface area contributed by atoms with E-state index in [-0.39, 0.29) is 0 Å². The molecular formula is C12H16N2OS. The molecule has 2 unspecified atom stereocenters. The quantitative estimate of drug-likeness (QED) is 0.811. The van der Waals surface area contributed by atoms with E-state index in [1.165, 1.54) is 25.6 Å². The number of hydrogen-bond acceptors (Lipinski definition) is 4. The van der Waals surface area contributed by atoms with Crippen LogP contribution in [0, 0.1) is 0 Å². The molecule has 0 saturated carbocycles. The average molecular weight is 236 g/mol. The molecule has 86 valence electrons. The number of fused-ring (bicyclic) bond motifs is 2. The van der Waals surface area contributed by atoms with Crippen LogP contribution >= 0.6 is 11.8 Å². The van der Waals surface area contributed by atoms with Gasteiger partial charge in [0.2, 0.25) is 0 Å². The van der Waals surface area contributed by atoms with Gasteiger partial charge in [0.15, 0.2) is 0 Å². The van der Waals surface area contributed by atoms with Gasteiger partial charge < -0.3 is 5.11 Å². The topological polar surface area (TPSA) is 46.0 Å². The Morgan fingerprint density at radius 2 is 1.81 bits per heavy atom. The summed E-state index contributed by atoms with van der Waals surface area (Å²) in [5.41, 5.74) is 0.217. The van der Waals surface area contributed by atoms with Crippen molar-refractivity contribution in [1.82, 2.24) is 9.97 Å². The number of hydrogen-bond donors (Lipinski definition) is 1. The lowest BCUT2D eigenvalue weighted by atomic mass is 9.82. The monoisotopic (exact) mass is 236 g/mol. The first-order valence-electron chi connectivity index (χ1n) is 5.90. The molecule has 1 aromatic rings. The van der Waals surface area contributed by atoms with Gasteiger partial charge in [0.05, 0.1) is 5.60 Å². The van der Waals surface area contributed by atoms with Crippen molar-refractivity contribution in [1.29, 1.82) is 0 Å². The first-order chi connectivity index (χ1) is 7.76. The van der Waals surface area contributed by atoms with Gasteiger partial charge in [-0.15, -0.1) is 0 Å². The van der Waals surface area contributed by atoms with Crippen molar-refractivity contribution in [2.75, 3.05) is 0 Å². The lowest BCUT2D eigenvalue weighted by molar-refractivity contribution is 0.00749. The molecule has 1 N–H and O–H groups in total. The summed E-state index contributed by atoms with van der Waals surface area (Å²) in [5, 5.41) is 12.0. The fourth-order valence-corrected chi connectivity index (χ4v) is 4.79. The fourth-order valence-electron chi connectivity index (χ4n) is 2.89. The maximum atomic E-state index is 10.8. The van der Waals surface area contributed by atoms with Crippen molar-refractivity contribution in [3.05, 3.63) is 24.3 Å². The number of rotatable bonds is 1. The summed E-state index contributed by atoms with van der Waals surface area (Å²) in [4.78, 5) is 8.04. The third kappa shape index (κ3) is 1.84. The summed E-state index contributed by atoms with van der Waals surface area (Å²) in [6, 6.07) is 0. The van der Waals surface area contributed by atoms with E-state index < -0.39 is 5.60 Å². The number of aromatic nitrogens is 2. The molecule has 16 heavy (non-hydrogen) atoms. The van der Waals surface area contributed by atoms with Gasteiger partial charge in [0.25, 0.3) is 0 Å². The highest BCUT2D eigenvalue weighted by molar-refractivity contribution is 8.00. The third-order valence-corrected chi connectivity index (χ3v) is 5.24. The molecular weight excluding hydrogens is 220 g/mol. The molecule has 0 aromatic carbocycles. The zero-order valence-corrected chi connectivity index (χ0v) is 9.99. The highest BCUT2D eigenvalue weighted by Gasteiger charge is 2.42. The minimum Gasteiger partial charge on any atom is -0.385 e. The van der Waals surface area contributed by atoms with Crippen molar-refractivity contribution in [3.8, 4) is 0 Å². The van der Waals surface area contributed by atoms with E-state index in [1.54, 1.807) is 12.4 Å². The molecule has 3 nitrogen and oxygen atoms in total. The largest absolute Gasteiger partial charge is 0.385 e. The van der Waals surface area contributed by atoms with Crippen LogP contribution in [0.2, 0.25) is 0 Å². The second-order valence-electron chi connectivity index (χ2n) is 4.88. The first-order valence-corrected chi connectivity index (χ1v) is 6.84. The second-order valence-corrected chi connectivity index (χ2v) is 6.48. The van der Waals surface area contributed by atoms with Crippen LogP contribution in [0.1, 0.15) is 37.7 Å². The Labute approximate surface area is 99.7 Å². The van der Waals surface area contributed by atoms with Crippen LogP contribution in [0.5, 0.6) is 0 Å². The zero-order chi connectivity index (χ0) is 11.0. The van der Waals surface area contributed by atoms with Gasteiger partial charge in [-0.1, -0.05) is 6.42 Å². The molecule has 1 aromatic heterocycles. The smallest absolute Gasteiger partial charge is 0.115 e. The van der Waals surface area contributed by atoms with Gasteiger partial charge in [-0.3, -0.25) is 0 Å². The summed E-state index contributed by atoms with van der Waals surface area (Å²) >= 11 is 2.07. The predicted molar refractivity (Wildman–Crippen MR) is 64.2 cm³/mol. The van der Waals surface area contributed by atoms with Crippen LogP contribution in [0.15, 0.2) is 18.7 Å². The van der Waals surface area contributed by atoms with E-state index in [2.05, 4.69) is 21.7 Å². The fraction of sp³-hybridized carbons (Fsp3) is 0.667. The second kappa shape index (κ2) is 4.00. The van der Waals surface area contributed by atoms with Crippen molar-refractivity contribution >= 4 is 11.8 Å². The van der Waals surface area contributed by atoms with Crippen LogP contribution in [-0.4, -0.2) is 25.6 Å². The number of nitrogens with zero attached hydrogens (tertiary/aromatic N) is 2. The maximum Gasteiger partial charge on any atom is 0.115 e. The predicted octanol–water partition coefficient (Wildman–Crippen LogP) is 2.11. The summed E-state index contributed by atoms with van der Waals surface area (Å²) in [5.74, 6) is 0. The van der Waals surface area contributed by atoms with Gasteiger partial charge in [-0.2, -0.15) is 11.8 Å². The molecule has 4 heteroatoms. The lowest BCUT2D eigenvalue weighted by Crippen LogP contribution is -2.40. The third-order valence-electron chi connectivity index (χ3n) is 3.67. The highest BCUT2D eigenvalue weighted by atomic mass is 32.2. The summed E-state index contributed by atoms with van der Waals surface area (Å²) < 4.78 is 0. The Bertz CT molecular complexity index is 359. The Balaban J connectivity index is 1.88. The van der Waals surface area contributed by atoms with Crippen molar-refractivity contribution in [2.45, 2.75) is 48.2 Å². The van der Waals surface area contributed by atoms with Crippen LogP contribution in [-0.2, 0) is 5.60 Å². The Kier molecular flexibility index (Phi) is 2.64. The summed E-state index contributed by atoms with van der Waals surface area (Å²) in [6.45, 7) is 0. The molecule has 3 rings (SSSR count). The van der Waals surface area contributed by atoms with Crippen LogP contribution in [0.25, 0.3) is 0 Å². The van der Waals surface area contributed by atoms with Gasteiger partial charge in [-0.05, 0) is 25.7 Å². The molecule has 0 radical (unpaired) electrons. The molecule has 0 amide bonds. The molecule has 3 heterocycles. The number of aliphatic hydroxyl groups is 1. The van der Waals surface area contributed by atoms with Crippen molar-refractivity contribution in [3.63, 3.8) is 0 Å². The van der Waals surface area contributed by atoms with E-state index in [9.17, 15) is 5.11 Å². The molecule has 2 aliphatic rings. The number of thioether (sulfide) groups is 1. The molecule has 2 fully saturated rings. The van der Waals surface area contributed by atoms with E-state index in [1.807, 2.05) is 0 Å². The molecule has 2 aliphatic heterocycles. The molecule has 2 bridgehead atoms. The van der Waals surface area contributed by atoms with E-state index in [0.29, 0.717) is 10.5 Å². The van der Waals surface area contributed by atoms with E-state index >= 15 is 0 Å². The van der Waals surface area contributed by atoms with E-state index in [0.717, 1.165) is 18.4 Å². The minimum atomic E-state index is -0.678. The average Bonchev–Trinajstić information content (AvgIpc) is 2.29. The van der Waals surface area contributed by atoms with Gasteiger partial charge in [0.1, 0.15) is 6.33 Å². The summed E-state index contributed by atoms with van der Waals surface area (Å²) in [6.07, 6.45) is 10.6. The van der Waals surface area contributed by atoms with Crippen LogP contribution < -0.4 is 0 Å². The molecule has 2 atom stereocenters. The molecule has 2 saturated heterocycles. The zero-order valence-electron chi connectivity index (χ0n) is 9.17. The van der Waals surface area contributed by atoms with Gasteiger partial charge >= 0.3 is 0 Å². The van der Waals surface area contributed by atoms with E-state index in [4.69, 9.17) is 0 Å².